The lowest BCUT2D eigenvalue weighted by atomic mass is 10.3. The average molecular weight is 314 g/mol. The van der Waals surface area contributed by atoms with Crippen LogP contribution in [-0.4, -0.2) is 33.0 Å². The number of sulfonamides is 1. The highest BCUT2D eigenvalue weighted by molar-refractivity contribution is 7.98. The van der Waals surface area contributed by atoms with Crippen LogP contribution in [-0.2, 0) is 10.0 Å². The van der Waals surface area contributed by atoms with Gasteiger partial charge in [-0.2, -0.15) is 0 Å². The third-order valence-corrected chi connectivity index (χ3v) is 5.33. The molecule has 0 saturated heterocycles. The molecular formula is C14H22N2O2S2. The molecule has 20 heavy (non-hydrogen) atoms. The van der Waals surface area contributed by atoms with Gasteiger partial charge in [0, 0.05) is 16.6 Å². The highest BCUT2D eigenvalue weighted by Crippen LogP contribution is 2.19. The van der Waals surface area contributed by atoms with Crippen LogP contribution in [0.3, 0.4) is 0 Å². The summed E-state index contributed by atoms with van der Waals surface area (Å²) in [6, 6.07) is 8.14. The summed E-state index contributed by atoms with van der Waals surface area (Å²) in [4.78, 5) is 1.12. The maximum absolute atomic E-state index is 11.9. The molecule has 0 atom stereocenters. The highest BCUT2D eigenvalue weighted by atomic mass is 32.2. The van der Waals surface area contributed by atoms with Crippen LogP contribution in [0.1, 0.15) is 25.7 Å². The summed E-state index contributed by atoms with van der Waals surface area (Å²) >= 11 is 1.64. The number of hydrogen-bond acceptors (Lipinski definition) is 4. The molecule has 0 amide bonds. The summed E-state index contributed by atoms with van der Waals surface area (Å²) in [5.41, 5.74) is 0.638. The predicted molar refractivity (Wildman–Crippen MR) is 85.9 cm³/mol. The second-order valence-corrected chi connectivity index (χ2v) is 7.81. The Kier molecular flexibility index (Phi) is 5.74. The van der Waals surface area contributed by atoms with E-state index in [1.54, 1.807) is 23.9 Å². The fourth-order valence-electron chi connectivity index (χ4n) is 1.90. The number of unbranched alkanes of at least 4 members (excludes halogenated alkanes) is 1. The number of benzene rings is 1. The smallest absolute Gasteiger partial charge is 0.232 e. The van der Waals surface area contributed by atoms with Crippen molar-refractivity contribution in [3.8, 4) is 0 Å². The molecule has 0 heterocycles. The second kappa shape index (κ2) is 7.33. The van der Waals surface area contributed by atoms with E-state index >= 15 is 0 Å². The van der Waals surface area contributed by atoms with Crippen LogP contribution in [0.2, 0.25) is 0 Å². The van der Waals surface area contributed by atoms with E-state index in [1.165, 1.54) is 12.8 Å². The Morgan fingerprint density at radius 1 is 1.20 bits per heavy atom. The first-order chi connectivity index (χ1) is 9.59. The molecular weight excluding hydrogens is 292 g/mol. The minimum atomic E-state index is -3.22. The molecule has 2 N–H and O–H groups in total. The maximum Gasteiger partial charge on any atom is 0.232 e. The first-order valence-electron chi connectivity index (χ1n) is 6.97. The summed E-state index contributed by atoms with van der Waals surface area (Å²) in [5, 5.41) is 3.39. The normalized spacial score (nSPS) is 15.2. The molecule has 2 rings (SSSR count). The van der Waals surface area contributed by atoms with E-state index in [0.29, 0.717) is 18.2 Å². The van der Waals surface area contributed by atoms with Crippen LogP contribution in [0, 0.1) is 0 Å². The van der Waals surface area contributed by atoms with Gasteiger partial charge in [0.25, 0.3) is 0 Å². The first kappa shape index (κ1) is 15.7. The Hall–Kier alpha value is -0.720. The van der Waals surface area contributed by atoms with Gasteiger partial charge in [-0.05, 0) is 62.7 Å². The van der Waals surface area contributed by atoms with Crippen LogP contribution in [0.4, 0.5) is 5.69 Å². The molecule has 4 nitrogen and oxygen atoms in total. The van der Waals surface area contributed by atoms with Crippen LogP contribution in [0.15, 0.2) is 29.2 Å². The molecule has 1 aliphatic rings. The van der Waals surface area contributed by atoms with E-state index in [4.69, 9.17) is 0 Å². The zero-order chi connectivity index (χ0) is 14.4. The Balaban J connectivity index is 1.71. The summed E-state index contributed by atoms with van der Waals surface area (Å²) in [6.07, 6.45) is 6.13. The highest BCUT2D eigenvalue weighted by Gasteiger charge is 2.19. The third kappa shape index (κ3) is 5.73. The number of anilines is 1. The molecule has 6 heteroatoms. The Morgan fingerprint density at radius 2 is 1.90 bits per heavy atom. The van der Waals surface area contributed by atoms with Gasteiger partial charge in [-0.1, -0.05) is 0 Å². The van der Waals surface area contributed by atoms with E-state index < -0.39 is 10.0 Å². The van der Waals surface area contributed by atoms with Crippen molar-refractivity contribution in [2.24, 2.45) is 0 Å². The van der Waals surface area contributed by atoms with Gasteiger partial charge in [-0.25, -0.2) is 8.42 Å². The summed E-state index contributed by atoms with van der Waals surface area (Å²) < 4.78 is 26.5. The van der Waals surface area contributed by atoms with E-state index in [0.717, 1.165) is 17.9 Å². The maximum atomic E-state index is 11.9. The van der Waals surface area contributed by atoms with E-state index in [-0.39, 0.29) is 5.75 Å². The van der Waals surface area contributed by atoms with Crippen molar-refractivity contribution in [1.82, 2.24) is 5.32 Å². The molecule has 1 saturated carbocycles. The molecule has 0 aromatic heterocycles. The average Bonchev–Trinajstić information content (AvgIpc) is 3.23. The zero-order valence-corrected chi connectivity index (χ0v) is 13.4. The van der Waals surface area contributed by atoms with Crippen LogP contribution < -0.4 is 10.0 Å². The van der Waals surface area contributed by atoms with E-state index in [1.807, 2.05) is 18.4 Å². The van der Waals surface area contributed by atoms with Gasteiger partial charge >= 0.3 is 0 Å². The quantitative estimate of drug-likeness (QED) is 0.543. The first-order valence-corrected chi connectivity index (χ1v) is 9.85. The molecule has 1 aromatic carbocycles. The molecule has 1 aliphatic carbocycles. The molecule has 1 aromatic rings. The van der Waals surface area contributed by atoms with Gasteiger partial charge < -0.3 is 5.32 Å². The minimum absolute atomic E-state index is 0.184. The van der Waals surface area contributed by atoms with Crippen molar-refractivity contribution >= 4 is 27.5 Å². The van der Waals surface area contributed by atoms with Crippen molar-refractivity contribution in [1.29, 1.82) is 0 Å². The number of hydrogen-bond donors (Lipinski definition) is 2. The number of rotatable bonds is 9. The molecule has 0 spiro atoms. The van der Waals surface area contributed by atoms with E-state index in [2.05, 4.69) is 10.0 Å². The minimum Gasteiger partial charge on any atom is -0.314 e. The van der Waals surface area contributed by atoms with Gasteiger partial charge in [0.1, 0.15) is 0 Å². The van der Waals surface area contributed by atoms with Crippen molar-refractivity contribution in [3.05, 3.63) is 24.3 Å². The Labute approximate surface area is 125 Å². The van der Waals surface area contributed by atoms with Crippen LogP contribution >= 0.6 is 11.8 Å². The van der Waals surface area contributed by atoms with Gasteiger partial charge in [-0.15, -0.1) is 11.8 Å². The fourth-order valence-corrected chi connectivity index (χ4v) is 3.49. The van der Waals surface area contributed by atoms with Gasteiger partial charge in [0.2, 0.25) is 10.0 Å². The topological polar surface area (TPSA) is 58.2 Å². The van der Waals surface area contributed by atoms with Gasteiger partial charge in [-0.3, -0.25) is 4.72 Å². The standard InChI is InChI=1S/C14H22N2O2S2/c1-19-14-8-6-13(7-9-14)16-20(17,18)11-3-2-10-15-12-4-5-12/h6-9,12,15-16H,2-5,10-11H2,1H3. The lowest BCUT2D eigenvalue weighted by Gasteiger charge is -2.08. The van der Waals surface area contributed by atoms with Gasteiger partial charge in [0.05, 0.1) is 5.75 Å². The van der Waals surface area contributed by atoms with E-state index in [9.17, 15) is 8.42 Å². The molecule has 0 radical (unpaired) electrons. The second-order valence-electron chi connectivity index (χ2n) is 5.08. The monoisotopic (exact) mass is 314 g/mol. The summed E-state index contributed by atoms with van der Waals surface area (Å²) in [5.74, 6) is 0.184. The lowest BCUT2D eigenvalue weighted by molar-refractivity contribution is 0.591. The SMILES string of the molecule is CSc1ccc(NS(=O)(=O)CCCCNC2CC2)cc1. The van der Waals surface area contributed by atoms with Crippen LogP contribution in [0.25, 0.3) is 0 Å². The Bertz CT molecular complexity index is 510. The predicted octanol–water partition coefficient (Wildman–Crippen LogP) is 2.68. The number of nitrogens with one attached hydrogen (secondary N) is 2. The molecule has 0 bridgehead atoms. The van der Waals surface area contributed by atoms with Crippen LogP contribution in [0.5, 0.6) is 0 Å². The molecule has 0 unspecified atom stereocenters. The third-order valence-electron chi connectivity index (χ3n) is 3.21. The van der Waals surface area contributed by atoms with Crippen molar-refractivity contribution < 1.29 is 8.42 Å². The summed E-state index contributed by atoms with van der Waals surface area (Å²) in [6.45, 7) is 0.919. The largest absolute Gasteiger partial charge is 0.314 e. The Morgan fingerprint density at radius 3 is 2.50 bits per heavy atom. The van der Waals surface area contributed by atoms with Crippen molar-refractivity contribution in [2.45, 2.75) is 36.6 Å². The molecule has 112 valence electrons. The van der Waals surface area contributed by atoms with Gasteiger partial charge in [0.15, 0.2) is 0 Å². The van der Waals surface area contributed by atoms with Crippen molar-refractivity contribution in [2.75, 3.05) is 23.3 Å². The molecule has 1 fully saturated rings. The molecule has 0 aliphatic heterocycles. The summed E-state index contributed by atoms with van der Waals surface area (Å²) in [7, 11) is -3.22. The zero-order valence-electron chi connectivity index (χ0n) is 11.8. The van der Waals surface area contributed by atoms with Crippen molar-refractivity contribution in [3.63, 3.8) is 0 Å². The fraction of sp³-hybridized carbons (Fsp3) is 0.571. The lowest BCUT2D eigenvalue weighted by Crippen LogP contribution is -2.20. The number of thioether (sulfide) groups is 1.